The average molecular weight is 274 g/mol. The summed E-state index contributed by atoms with van der Waals surface area (Å²) in [6, 6.07) is 19.9. The van der Waals surface area contributed by atoms with Crippen molar-refractivity contribution >= 4 is 17.5 Å². The van der Waals surface area contributed by atoms with Gasteiger partial charge < -0.3 is 4.90 Å². The molecule has 0 spiro atoms. The lowest BCUT2D eigenvalue weighted by Gasteiger charge is -2.22. The molecule has 0 heterocycles. The molecule has 0 N–H and O–H groups in total. The van der Waals surface area contributed by atoms with E-state index in [0.29, 0.717) is 13.1 Å². The first-order valence-corrected chi connectivity index (χ1v) is 6.74. The monoisotopic (exact) mass is 273 g/mol. The smallest absolute Gasteiger partial charge is 0.238 e. The van der Waals surface area contributed by atoms with Crippen LogP contribution in [0.1, 0.15) is 11.1 Å². The number of benzene rings is 2. The van der Waals surface area contributed by atoms with Crippen LogP contribution in [-0.4, -0.2) is 16.7 Å². The van der Waals surface area contributed by atoms with E-state index < -0.39 is 0 Å². The zero-order valence-electron chi connectivity index (χ0n) is 10.6. The number of halogens is 1. The van der Waals surface area contributed by atoms with Gasteiger partial charge in [-0.3, -0.25) is 4.79 Å². The van der Waals surface area contributed by atoms with E-state index in [4.69, 9.17) is 11.6 Å². The maximum Gasteiger partial charge on any atom is 0.238 e. The predicted octanol–water partition coefficient (Wildman–Crippen LogP) is 3.45. The molecule has 0 saturated heterocycles. The third kappa shape index (κ3) is 4.11. The van der Waals surface area contributed by atoms with E-state index in [1.807, 2.05) is 60.7 Å². The van der Waals surface area contributed by atoms with E-state index in [2.05, 4.69) is 0 Å². The van der Waals surface area contributed by atoms with E-state index >= 15 is 0 Å². The number of carbonyl (C=O) groups excluding carboxylic acids is 1. The Hall–Kier alpha value is -1.80. The van der Waals surface area contributed by atoms with E-state index in [-0.39, 0.29) is 11.8 Å². The summed E-state index contributed by atoms with van der Waals surface area (Å²) >= 11 is 5.69. The van der Waals surface area contributed by atoms with Crippen LogP contribution in [0.3, 0.4) is 0 Å². The van der Waals surface area contributed by atoms with Crippen LogP contribution in [0, 0.1) is 0 Å². The fraction of sp³-hybridized carbons (Fsp3) is 0.188. The van der Waals surface area contributed by atoms with E-state index in [9.17, 15) is 4.79 Å². The maximum absolute atomic E-state index is 11.9. The highest BCUT2D eigenvalue weighted by molar-refractivity contribution is 6.27. The lowest BCUT2D eigenvalue weighted by molar-refractivity contribution is -0.129. The SMILES string of the molecule is O=C(CCl)N(Cc1ccccc1)Cc1ccccc1. The summed E-state index contributed by atoms with van der Waals surface area (Å²) in [6.45, 7) is 1.17. The largest absolute Gasteiger partial charge is 0.333 e. The molecule has 0 fully saturated rings. The summed E-state index contributed by atoms with van der Waals surface area (Å²) in [5.74, 6) is -0.0333. The molecule has 2 aromatic rings. The van der Waals surface area contributed by atoms with Gasteiger partial charge in [0, 0.05) is 13.1 Å². The van der Waals surface area contributed by atoms with Crippen molar-refractivity contribution in [3.05, 3.63) is 71.8 Å². The molecule has 0 aromatic heterocycles. The number of hydrogen-bond donors (Lipinski definition) is 0. The van der Waals surface area contributed by atoms with Crippen LogP contribution >= 0.6 is 11.6 Å². The number of amides is 1. The number of alkyl halides is 1. The minimum absolute atomic E-state index is 0.0136. The molecule has 0 radical (unpaired) electrons. The number of hydrogen-bond acceptors (Lipinski definition) is 1. The van der Waals surface area contributed by atoms with Crippen LogP contribution in [0.2, 0.25) is 0 Å². The van der Waals surface area contributed by atoms with Gasteiger partial charge in [0.25, 0.3) is 0 Å². The maximum atomic E-state index is 11.9. The molecule has 0 atom stereocenters. The summed E-state index contributed by atoms with van der Waals surface area (Å²) in [5, 5.41) is 0. The second-order valence-electron chi connectivity index (χ2n) is 4.35. The van der Waals surface area contributed by atoms with E-state index in [0.717, 1.165) is 11.1 Å². The summed E-state index contributed by atoms with van der Waals surface area (Å²) in [7, 11) is 0. The zero-order chi connectivity index (χ0) is 13.5. The van der Waals surface area contributed by atoms with Gasteiger partial charge in [0.2, 0.25) is 5.91 Å². The average Bonchev–Trinajstić information content (AvgIpc) is 2.48. The van der Waals surface area contributed by atoms with Crippen molar-refractivity contribution in [1.82, 2.24) is 4.90 Å². The van der Waals surface area contributed by atoms with Crippen LogP contribution in [0.5, 0.6) is 0 Å². The van der Waals surface area contributed by atoms with Crippen molar-refractivity contribution in [3.63, 3.8) is 0 Å². The molecule has 3 heteroatoms. The lowest BCUT2D eigenvalue weighted by atomic mass is 10.1. The summed E-state index contributed by atoms with van der Waals surface area (Å²) < 4.78 is 0. The van der Waals surface area contributed by atoms with Gasteiger partial charge in [-0.05, 0) is 11.1 Å². The van der Waals surface area contributed by atoms with Gasteiger partial charge in [-0.25, -0.2) is 0 Å². The normalized spacial score (nSPS) is 10.2. The molecule has 0 aliphatic rings. The molecule has 19 heavy (non-hydrogen) atoms. The fourth-order valence-corrected chi connectivity index (χ4v) is 2.09. The summed E-state index contributed by atoms with van der Waals surface area (Å²) in [6.07, 6.45) is 0. The zero-order valence-corrected chi connectivity index (χ0v) is 11.4. The molecule has 98 valence electrons. The van der Waals surface area contributed by atoms with Gasteiger partial charge in [0.15, 0.2) is 0 Å². The Balaban J connectivity index is 2.10. The van der Waals surface area contributed by atoms with Crippen LogP contribution in [-0.2, 0) is 17.9 Å². The molecule has 0 unspecified atom stereocenters. The van der Waals surface area contributed by atoms with Crippen LogP contribution < -0.4 is 0 Å². The Bertz CT molecular complexity index is 471. The molecular formula is C16H16ClNO. The second kappa shape index (κ2) is 6.95. The number of carbonyl (C=O) groups is 1. The Morgan fingerprint density at radius 1 is 0.842 bits per heavy atom. The fourth-order valence-electron chi connectivity index (χ4n) is 1.92. The lowest BCUT2D eigenvalue weighted by Crippen LogP contribution is -2.30. The van der Waals surface area contributed by atoms with E-state index in [1.165, 1.54) is 0 Å². The highest BCUT2D eigenvalue weighted by Gasteiger charge is 2.13. The topological polar surface area (TPSA) is 20.3 Å². The highest BCUT2D eigenvalue weighted by Crippen LogP contribution is 2.10. The minimum atomic E-state index is -0.0469. The Morgan fingerprint density at radius 3 is 1.63 bits per heavy atom. The Kier molecular flexibility index (Phi) is 4.99. The summed E-state index contributed by atoms with van der Waals surface area (Å²) in [4.78, 5) is 13.7. The molecule has 2 nitrogen and oxygen atoms in total. The Morgan fingerprint density at radius 2 is 1.26 bits per heavy atom. The van der Waals surface area contributed by atoms with Crippen LogP contribution in [0.15, 0.2) is 60.7 Å². The third-order valence-electron chi connectivity index (χ3n) is 2.90. The first-order chi connectivity index (χ1) is 9.29. The molecule has 1 amide bonds. The molecule has 0 bridgehead atoms. The van der Waals surface area contributed by atoms with Gasteiger partial charge >= 0.3 is 0 Å². The molecule has 0 aliphatic heterocycles. The molecule has 2 rings (SSSR count). The highest BCUT2D eigenvalue weighted by atomic mass is 35.5. The van der Waals surface area contributed by atoms with Gasteiger partial charge in [-0.2, -0.15) is 0 Å². The van der Waals surface area contributed by atoms with Crippen molar-refractivity contribution in [2.45, 2.75) is 13.1 Å². The second-order valence-corrected chi connectivity index (χ2v) is 4.62. The van der Waals surface area contributed by atoms with Crippen molar-refractivity contribution < 1.29 is 4.79 Å². The molecule has 0 aliphatic carbocycles. The van der Waals surface area contributed by atoms with Crippen LogP contribution in [0.4, 0.5) is 0 Å². The number of rotatable bonds is 5. The minimum Gasteiger partial charge on any atom is -0.333 e. The summed E-state index contributed by atoms with van der Waals surface area (Å²) in [5.41, 5.74) is 2.22. The van der Waals surface area contributed by atoms with Crippen LogP contribution in [0.25, 0.3) is 0 Å². The molecular weight excluding hydrogens is 258 g/mol. The van der Waals surface area contributed by atoms with Crippen molar-refractivity contribution in [2.24, 2.45) is 0 Å². The quantitative estimate of drug-likeness (QED) is 0.764. The molecule has 2 aromatic carbocycles. The predicted molar refractivity (Wildman–Crippen MR) is 77.9 cm³/mol. The van der Waals surface area contributed by atoms with Crippen molar-refractivity contribution in [1.29, 1.82) is 0 Å². The third-order valence-corrected chi connectivity index (χ3v) is 3.13. The van der Waals surface area contributed by atoms with E-state index in [1.54, 1.807) is 4.90 Å². The number of nitrogens with zero attached hydrogens (tertiary/aromatic N) is 1. The first kappa shape index (κ1) is 13.6. The van der Waals surface area contributed by atoms with Gasteiger partial charge in [-0.1, -0.05) is 60.7 Å². The Labute approximate surface area is 118 Å². The van der Waals surface area contributed by atoms with Crippen molar-refractivity contribution in [3.8, 4) is 0 Å². The first-order valence-electron chi connectivity index (χ1n) is 6.21. The van der Waals surface area contributed by atoms with Crippen molar-refractivity contribution in [2.75, 3.05) is 5.88 Å². The van der Waals surface area contributed by atoms with Gasteiger partial charge in [0.05, 0.1) is 0 Å². The molecule has 0 saturated carbocycles. The standard InChI is InChI=1S/C16H16ClNO/c17-11-16(19)18(12-14-7-3-1-4-8-14)13-15-9-5-2-6-10-15/h1-10H,11-13H2. The van der Waals surface area contributed by atoms with Gasteiger partial charge in [-0.15, -0.1) is 11.6 Å². The van der Waals surface area contributed by atoms with Gasteiger partial charge in [0.1, 0.15) is 5.88 Å².